The molecule has 0 unspecified atom stereocenters. The van der Waals surface area contributed by atoms with Gasteiger partial charge < -0.3 is 9.17 Å². The van der Waals surface area contributed by atoms with Crippen LogP contribution in [0.3, 0.4) is 0 Å². The number of halogens is 2. The second kappa shape index (κ2) is 7.05. The van der Waals surface area contributed by atoms with E-state index in [1.807, 2.05) is 30.3 Å². The van der Waals surface area contributed by atoms with Crippen molar-refractivity contribution in [3.05, 3.63) is 76.8 Å². The Bertz CT molecular complexity index is 1470. The van der Waals surface area contributed by atoms with Crippen molar-refractivity contribution >= 4 is 55.1 Å². The molecule has 0 saturated heterocycles. The van der Waals surface area contributed by atoms with Gasteiger partial charge >= 0.3 is 10.1 Å². The second-order valence-electron chi connectivity index (χ2n) is 6.64. The number of benzene rings is 3. The third-order valence-corrected chi connectivity index (χ3v) is 6.90. The van der Waals surface area contributed by atoms with Crippen molar-refractivity contribution < 1.29 is 12.6 Å². The van der Waals surface area contributed by atoms with Gasteiger partial charge in [0.2, 0.25) is 0 Å². The van der Waals surface area contributed by atoms with Crippen LogP contribution < -0.4 is 4.18 Å². The first-order valence-corrected chi connectivity index (χ1v) is 11.0. The maximum Gasteiger partial charge on any atom is 0.342 e. The Labute approximate surface area is 181 Å². The predicted octanol–water partition coefficient (Wildman–Crippen LogP) is 5.79. The van der Waals surface area contributed by atoms with Crippen LogP contribution in [0.1, 0.15) is 0 Å². The average molecular weight is 458 g/mol. The molecule has 5 rings (SSSR count). The number of aromatic amines is 2. The van der Waals surface area contributed by atoms with Gasteiger partial charge in [0.15, 0.2) is 0 Å². The monoisotopic (exact) mass is 457 g/mol. The highest BCUT2D eigenvalue weighted by Crippen LogP contribution is 2.34. The standard InChI is InChI=1S/C21H13Cl2N3O3S/c22-15-5-3-6-16(23)21(15)30(27,28)29-13-8-9-18-14(11-13)20(26-25-18)19-10-12-4-1-2-7-17(12)24-19/h1-11,24H,(H,25,26). The minimum absolute atomic E-state index is 0.00865. The Balaban J connectivity index is 1.58. The van der Waals surface area contributed by atoms with Crippen molar-refractivity contribution in [2.45, 2.75) is 4.90 Å². The highest BCUT2D eigenvalue weighted by molar-refractivity contribution is 7.87. The van der Waals surface area contributed by atoms with E-state index in [0.717, 1.165) is 22.1 Å². The minimum Gasteiger partial charge on any atom is -0.379 e. The van der Waals surface area contributed by atoms with Crippen LogP contribution in [0.4, 0.5) is 0 Å². The van der Waals surface area contributed by atoms with Gasteiger partial charge in [-0.15, -0.1) is 0 Å². The van der Waals surface area contributed by atoms with Gasteiger partial charge in [0.05, 0.1) is 21.3 Å². The highest BCUT2D eigenvalue weighted by Gasteiger charge is 2.24. The molecule has 0 fully saturated rings. The number of para-hydroxylation sites is 1. The summed E-state index contributed by atoms with van der Waals surface area (Å²) in [7, 11) is -4.23. The Morgan fingerprint density at radius 3 is 2.40 bits per heavy atom. The molecule has 0 aliphatic carbocycles. The number of nitrogens with one attached hydrogen (secondary N) is 2. The largest absolute Gasteiger partial charge is 0.379 e. The van der Waals surface area contributed by atoms with E-state index in [1.165, 1.54) is 18.2 Å². The van der Waals surface area contributed by atoms with Crippen molar-refractivity contribution in [3.8, 4) is 17.1 Å². The molecular formula is C21H13Cl2N3O3S. The molecule has 6 nitrogen and oxygen atoms in total. The maximum atomic E-state index is 12.8. The van der Waals surface area contributed by atoms with Crippen LogP contribution in [-0.4, -0.2) is 23.6 Å². The van der Waals surface area contributed by atoms with E-state index in [9.17, 15) is 8.42 Å². The smallest absolute Gasteiger partial charge is 0.342 e. The number of rotatable bonds is 4. The molecule has 0 amide bonds. The third kappa shape index (κ3) is 3.21. The zero-order valence-electron chi connectivity index (χ0n) is 15.2. The first kappa shape index (κ1) is 19.0. The molecule has 0 saturated carbocycles. The van der Waals surface area contributed by atoms with Crippen LogP contribution in [-0.2, 0) is 10.1 Å². The Kier molecular flexibility index (Phi) is 4.47. The predicted molar refractivity (Wildman–Crippen MR) is 118 cm³/mol. The van der Waals surface area contributed by atoms with Crippen molar-refractivity contribution in [1.82, 2.24) is 15.2 Å². The van der Waals surface area contributed by atoms with Crippen LogP contribution in [0.5, 0.6) is 5.75 Å². The van der Waals surface area contributed by atoms with Crippen LogP contribution in [0, 0.1) is 0 Å². The van der Waals surface area contributed by atoms with E-state index < -0.39 is 10.1 Å². The van der Waals surface area contributed by atoms with Gasteiger partial charge in [-0.05, 0) is 42.5 Å². The van der Waals surface area contributed by atoms with E-state index in [-0.39, 0.29) is 20.7 Å². The lowest BCUT2D eigenvalue weighted by molar-refractivity contribution is 0.486. The molecule has 0 radical (unpaired) electrons. The quantitative estimate of drug-likeness (QED) is 0.334. The number of hydrogen-bond acceptors (Lipinski definition) is 4. The number of H-pyrrole nitrogens is 2. The van der Waals surface area contributed by atoms with Gasteiger partial charge in [-0.1, -0.05) is 47.5 Å². The van der Waals surface area contributed by atoms with Gasteiger partial charge in [0.25, 0.3) is 0 Å². The van der Waals surface area contributed by atoms with E-state index in [2.05, 4.69) is 15.2 Å². The molecule has 0 aliphatic heterocycles. The molecule has 9 heteroatoms. The summed E-state index contributed by atoms with van der Waals surface area (Å²) in [6, 6.07) is 19.2. The SMILES string of the molecule is O=S(=O)(Oc1ccc2[nH]nc(-c3cc4ccccc4[nH]3)c2c1)c1c(Cl)cccc1Cl. The van der Waals surface area contributed by atoms with E-state index in [4.69, 9.17) is 27.4 Å². The van der Waals surface area contributed by atoms with Crippen LogP contribution >= 0.6 is 23.2 Å². The Hall–Kier alpha value is -3.00. The molecule has 0 spiro atoms. The summed E-state index contributed by atoms with van der Waals surface area (Å²) >= 11 is 12.1. The van der Waals surface area contributed by atoms with Gasteiger partial charge in [-0.25, -0.2) is 0 Å². The van der Waals surface area contributed by atoms with Gasteiger partial charge in [0.1, 0.15) is 16.3 Å². The molecule has 0 bridgehead atoms. The third-order valence-electron chi connectivity index (χ3n) is 4.69. The fourth-order valence-corrected chi connectivity index (χ4v) is 5.36. The van der Waals surface area contributed by atoms with Crippen molar-refractivity contribution in [1.29, 1.82) is 0 Å². The van der Waals surface area contributed by atoms with Crippen LogP contribution in [0.25, 0.3) is 33.2 Å². The van der Waals surface area contributed by atoms with Crippen molar-refractivity contribution in [3.63, 3.8) is 0 Å². The van der Waals surface area contributed by atoms with Gasteiger partial charge in [-0.3, -0.25) is 5.10 Å². The first-order valence-electron chi connectivity index (χ1n) is 8.87. The van der Waals surface area contributed by atoms with Crippen LogP contribution in [0.15, 0.2) is 71.6 Å². The van der Waals surface area contributed by atoms with E-state index in [1.54, 1.807) is 18.2 Å². The average Bonchev–Trinajstić information content (AvgIpc) is 3.30. The molecule has 2 heterocycles. The summed E-state index contributed by atoms with van der Waals surface area (Å²) in [6.45, 7) is 0. The maximum absolute atomic E-state index is 12.8. The summed E-state index contributed by atoms with van der Waals surface area (Å²) in [6.07, 6.45) is 0. The van der Waals surface area contributed by atoms with E-state index >= 15 is 0 Å². The first-order chi connectivity index (χ1) is 14.4. The number of fused-ring (bicyclic) bond motifs is 2. The van der Waals surface area contributed by atoms with E-state index in [0.29, 0.717) is 11.1 Å². The van der Waals surface area contributed by atoms with Crippen molar-refractivity contribution in [2.24, 2.45) is 0 Å². The minimum atomic E-state index is -4.23. The van der Waals surface area contributed by atoms with Crippen molar-refractivity contribution in [2.75, 3.05) is 0 Å². The molecular weight excluding hydrogens is 445 g/mol. The fourth-order valence-electron chi connectivity index (χ4n) is 3.34. The zero-order valence-corrected chi connectivity index (χ0v) is 17.5. The Morgan fingerprint density at radius 1 is 0.867 bits per heavy atom. The molecule has 30 heavy (non-hydrogen) atoms. The molecule has 0 atom stereocenters. The number of hydrogen-bond donors (Lipinski definition) is 2. The molecule has 2 N–H and O–H groups in total. The number of nitrogens with zero attached hydrogens (tertiary/aromatic N) is 1. The lowest BCUT2D eigenvalue weighted by Gasteiger charge is -2.10. The number of aromatic nitrogens is 3. The molecule has 3 aromatic carbocycles. The van der Waals surface area contributed by atoms with Gasteiger partial charge in [-0.2, -0.15) is 13.5 Å². The highest BCUT2D eigenvalue weighted by atomic mass is 35.5. The summed E-state index contributed by atoms with van der Waals surface area (Å²) in [5.41, 5.74) is 3.17. The second-order valence-corrected chi connectivity index (χ2v) is 8.94. The zero-order chi connectivity index (χ0) is 20.9. The lowest BCUT2D eigenvalue weighted by Crippen LogP contribution is -2.11. The topological polar surface area (TPSA) is 87.8 Å². The lowest BCUT2D eigenvalue weighted by atomic mass is 10.1. The summed E-state index contributed by atoms with van der Waals surface area (Å²) in [5, 5.41) is 9.07. The Morgan fingerprint density at radius 2 is 1.63 bits per heavy atom. The summed E-state index contributed by atoms with van der Waals surface area (Å²) < 4.78 is 30.9. The fraction of sp³-hybridized carbons (Fsp3) is 0. The summed E-state index contributed by atoms with van der Waals surface area (Å²) in [4.78, 5) is 3.05. The molecule has 5 aromatic rings. The summed E-state index contributed by atoms with van der Waals surface area (Å²) in [5.74, 6) is 0.122. The van der Waals surface area contributed by atoms with Gasteiger partial charge in [0, 0.05) is 16.3 Å². The molecule has 0 aliphatic rings. The molecule has 2 aromatic heterocycles. The molecule has 150 valence electrons. The van der Waals surface area contributed by atoms with Crippen LogP contribution in [0.2, 0.25) is 10.0 Å². The normalized spacial score (nSPS) is 11.9.